The third-order valence-corrected chi connectivity index (χ3v) is 6.33. The summed E-state index contributed by atoms with van der Waals surface area (Å²) in [7, 11) is 0. The van der Waals surface area contributed by atoms with Crippen LogP contribution in [0.3, 0.4) is 0 Å². The number of hydrazone groups is 1. The number of carbonyl (C=O) groups is 1. The molecule has 0 fully saturated rings. The fourth-order valence-corrected chi connectivity index (χ4v) is 4.34. The van der Waals surface area contributed by atoms with Gasteiger partial charge < -0.3 is 15.7 Å². The van der Waals surface area contributed by atoms with Crippen LogP contribution < -0.4 is 16.1 Å². The largest absolute Gasteiger partial charge is 0.507 e. The minimum atomic E-state index is -0.588. The van der Waals surface area contributed by atoms with Gasteiger partial charge in [-0.15, -0.1) is 16.9 Å². The quantitative estimate of drug-likeness (QED) is 0.165. The van der Waals surface area contributed by atoms with E-state index in [9.17, 15) is 9.90 Å². The number of phenolic OH excluding ortho intramolecular Hbond substituents is 1. The molecule has 2 aromatic heterocycles. The number of phenols is 1. The Morgan fingerprint density at radius 2 is 2.00 bits per heavy atom. The molecule has 13 heteroatoms. The van der Waals surface area contributed by atoms with Crippen molar-refractivity contribution < 1.29 is 14.5 Å². The highest BCUT2D eigenvalue weighted by molar-refractivity contribution is 7.98. The molecule has 0 aliphatic carbocycles. The van der Waals surface area contributed by atoms with Crippen molar-refractivity contribution in [1.82, 2.24) is 30.7 Å². The second-order valence-electron chi connectivity index (χ2n) is 7.49. The lowest BCUT2D eigenvalue weighted by molar-refractivity contribution is 0.0949. The average Bonchev–Trinajstić information content (AvgIpc) is 3.50. The van der Waals surface area contributed by atoms with Crippen molar-refractivity contribution in [3.05, 3.63) is 65.5 Å². The molecule has 0 bridgehead atoms. The Labute approximate surface area is 211 Å². The van der Waals surface area contributed by atoms with Crippen LogP contribution in [0.2, 0.25) is 0 Å². The molecule has 4 rings (SSSR count). The Morgan fingerprint density at radius 3 is 2.67 bits per heavy atom. The highest BCUT2D eigenvalue weighted by Gasteiger charge is 2.24. The van der Waals surface area contributed by atoms with Crippen molar-refractivity contribution in [2.45, 2.75) is 24.5 Å². The first-order valence-corrected chi connectivity index (χ1v) is 12.1. The average molecular weight is 508 g/mol. The third-order valence-electron chi connectivity index (χ3n) is 5.31. The number of thioether (sulfide) groups is 1. The normalized spacial score (nSPS) is 11.2. The first kappa shape index (κ1) is 24.7. The van der Waals surface area contributed by atoms with E-state index in [2.05, 4.69) is 40.7 Å². The number of amides is 1. The zero-order valence-corrected chi connectivity index (χ0v) is 20.5. The van der Waals surface area contributed by atoms with Crippen LogP contribution in [0, 0.1) is 0 Å². The van der Waals surface area contributed by atoms with Crippen LogP contribution in [0.15, 0.2) is 63.2 Å². The molecule has 1 amide bonds. The van der Waals surface area contributed by atoms with Crippen molar-refractivity contribution in [2.75, 3.05) is 23.7 Å². The molecule has 4 aromatic rings. The fourth-order valence-electron chi connectivity index (χ4n) is 3.42. The molecular weight excluding hydrogens is 482 g/mol. The SMILES string of the molecule is CCN(CC)c1ccc(/C=N\NC(=O)c2nnn(-c3nonc3N)c2CSc2ccccc2)c(O)c1. The van der Waals surface area contributed by atoms with Gasteiger partial charge >= 0.3 is 0 Å². The lowest BCUT2D eigenvalue weighted by Gasteiger charge is -2.21. The number of hydrogen-bond donors (Lipinski definition) is 3. The molecule has 0 saturated carbocycles. The monoisotopic (exact) mass is 507 g/mol. The Hall–Kier alpha value is -4.39. The van der Waals surface area contributed by atoms with Gasteiger partial charge in [0.1, 0.15) is 5.75 Å². The highest BCUT2D eigenvalue weighted by Crippen LogP contribution is 2.26. The van der Waals surface area contributed by atoms with Gasteiger partial charge in [-0.1, -0.05) is 23.4 Å². The lowest BCUT2D eigenvalue weighted by atomic mass is 10.2. The van der Waals surface area contributed by atoms with Crippen molar-refractivity contribution in [3.8, 4) is 11.6 Å². The number of benzene rings is 2. The van der Waals surface area contributed by atoms with Crippen molar-refractivity contribution in [1.29, 1.82) is 0 Å². The zero-order valence-electron chi connectivity index (χ0n) is 19.7. The molecule has 0 radical (unpaired) electrons. The summed E-state index contributed by atoms with van der Waals surface area (Å²) < 4.78 is 6.00. The molecule has 0 aliphatic heterocycles. The minimum Gasteiger partial charge on any atom is -0.507 e. The first-order valence-electron chi connectivity index (χ1n) is 11.1. The molecule has 0 spiro atoms. The molecule has 0 atom stereocenters. The molecule has 12 nitrogen and oxygen atoms in total. The maximum absolute atomic E-state index is 12.9. The van der Waals surface area contributed by atoms with Crippen molar-refractivity contribution in [3.63, 3.8) is 0 Å². The Morgan fingerprint density at radius 1 is 1.22 bits per heavy atom. The van der Waals surface area contributed by atoms with Gasteiger partial charge in [0, 0.05) is 41.1 Å². The standard InChI is InChI=1S/C23H25N9O3S/c1-3-31(4-2)16-11-10-15(19(33)12-16)13-25-27-23(34)20-18(14-36-17-8-6-5-7-9-17)32(30-26-20)22-21(24)28-35-29-22/h5-13,33H,3-4,14H2,1-2H3,(H2,24,28)(H,27,34)/b25-13-. The van der Waals surface area contributed by atoms with Gasteiger partial charge in [-0.05, 0) is 48.4 Å². The number of carbonyl (C=O) groups excluding carboxylic acids is 1. The lowest BCUT2D eigenvalue weighted by Crippen LogP contribution is -2.21. The van der Waals surface area contributed by atoms with Crippen LogP contribution in [-0.2, 0) is 5.75 Å². The van der Waals surface area contributed by atoms with Crippen LogP contribution in [0.1, 0.15) is 35.6 Å². The minimum absolute atomic E-state index is 0.0134. The van der Waals surface area contributed by atoms with E-state index in [0.717, 1.165) is 23.7 Å². The zero-order chi connectivity index (χ0) is 25.5. The van der Waals surface area contributed by atoms with Crippen molar-refractivity contribution >= 4 is 35.4 Å². The van der Waals surface area contributed by atoms with Gasteiger partial charge in [-0.3, -0.25) is 4.79 Å². The van der Waals surface area contributed by atoms with E-state index in [1.807, 2.05) is 50.2 Å². The van der Waals surface area contributed by atoms with Crippen LogP contribution >= 0.6 is 11.8 Å². The molecule has 186 valence electrons. The second-order valence-corrected chi connectivity index (χ2v) is 8.53. The molecule has 2 aromatic carbocycles. The Bertz CT molecular complexity index is 1350. The summed E-state index contributed by atoms with van der Waals surface area (Å²) in [6.07, 6.45) is 1.36. The summed E-state index contributed by atoms with van der Waals surface area (Å²) >= 11 is 1.48. The third kappa shape index (κ3) is 5.46. The molecule has 2 heterocycles. The van der Waals surface area contributed by atoms with Gasteiger partial charge in [-0.2, -0.15) is 9.78 Å². The maximum Gasteiger partial charge on any atom is 0.293 e. The number of nitrogens with zero attached hydrogens (tertiary/aromatic N) is 7. The van der Waals surface area contributed by atoms with E-state index < -0.39 is 5.91 Å². The summed E-state index contributed by atoms with van der Waals surface area (Å²) in [5.74, 6) is -0.0530. The summed E-state index contributed by atoms with van der Waals surface area (Å²) in [5, 5.41) is 29.7. The highest BCUT2D eigenvalue weighted by atomic mass is 32.2. The number of aromatic hydroxyl groups is 1. The number of nitrogen functional groups attached to an aromatic ring is 1. The van der Waals surface area contributed by atoms with Gasteiger partial charge in [0.25, 0.3) is 5.91 Å². The summed E-state index contributed by atoms with van der Waals surface area (Å²) in [6.45, 7) is 5.73. The van der Waals surface area contributed by atoms with Crippen molar-refractivity contribution in [2.24, 2.45) is 5.10 Å². The topological polar surface area (TPSA) is 161 Å². The molecule has 0 saturated heterocycles. The van der Waals surface area contributed by atoms with E-state index in [1.165, 1.54) is 22.7 Å². The van der Waals surface area contributed by atoms with Crippen LogP contribution in [0.5, 0.6) is 5.75 Å². The van der Waals surface area contributed by atoms with Gasteiger partial charge in [0.2, 0.25) is 11.6 Å². The maximum atomic E-state index is 12.9. The number of nitrogens with one attached hydrogen (secondary N) is 1. The molecular formula is C23H25N9O3S. The van der Waals surface area contributed by atoms with Crippen LogP contribution in [0.25, 0.3) is 5.82 Å². The van der Waals surface area contributed by atoms with E-state index in [-0.39, 0.29) is 23.1 Å². The van der Waals surface area contributed by atoms with Crippen LogP contribution in [0.4, 0.5) is 11.5 Å². The number of rotatable bonds is 10. The fraction of sp³-hybridized carbons (Fsp3) is 0.217. The second kappa shape index (κ2) is 11.4. The molecule has 0 unspecified atom stereocenters. The Kier molecular flexibility index (Phi) is 7.80. The first-order chi connectivity index (χ1) is 17.5. The smallest absolute Gasteiger partial charge is 0.293 e. The summed E-state index contributed by atoms with van der Waals surface area (Å²) in [6, 6.07) is 14.9. The molecule has 4 N–H and O–H groups in total. The van der Waals surface area contributed by atoms with E-state index in [4.69, 9.17) is 5.73 Å². The predicted octanol–water partition coefficient (Wildman–Crippen LogP) is 2.84. The molecule has 36 heavy (non-hydrogen) atoms. The molecule has 0 aliphatic rings. The van der Waals surface area contributed by atoms with Gasteiger partial charge in [-0.25, -0.2) is 10.1 Å². The number of aromatic nitrogens is 5. The van der Waals surface area contributed by atoms with Gasteiger partial charge in [0.05, 0.1) is 11.9 Å². The van der Waals surface area contributed by atoms with E-state index in [1.54, 1.807) is 12.1 Å². The van der Waals surface area contributed by atoms with E-state index >= 15 is 0 Å². The Balaban J connectivity index is 1.53. The number of hydrogen-bond acceptors (Lipinski definition) is 11. The predicted molar refractivity (Wildman–Crippen MR) is 136 cm³/mol. The number of anilines is 2. The summed E-state index contributed by atoms with van der Waals surface area (Å²) in [4.78, 5) is 16.0. The summed E-state index contributed by atoms with van der Waals surface area (Å²) in [5.41, 5.74) is 10.1. The number of nitrogens with two attached hydrogens (primary N) is 1. The van der Waals surface area contributed by atoms with Gasteiger partial charge in [0.15, 0.2) is 5.69 Å². The van der Waals surface area contributed by atoms with Crippen LogP contribution in [-0.4, -0.2) is 55.6 Å². The van der Waals surface area contributed by atoms with E-state index in [0.29, 0.717) is 17.0 Å².